The number of nitrogens with zero attached hydrogens (tertiary/aromatic N) is 1. The summed E-state index contributed by atoms with van der Waals surface area (Å²) in [7, 11) is 0. The first-order valence-corrected chi connectivity index (χ1v) is 13.0. The van der Waals surface area contributed by atoms with E-state index in [9.17, 15) is 14.0 Å². The highest BCUT2D eigenvalue weighted by Gasteiger charge is 2.32. The number of ether oxygens (including phenoxy) is 1. The van der Waals surface area contributed by atoms with Gasteiger partial charge in [-0.3, -0.25) is 9.59 Å². The lowest BCUT2D eigenvalue weighted by Gasteiger charge is -2.32. The van der Waals surface area contributed by atoms with Crippen molar-refractivity contribution in [3.63, 3.8) is 0 Å². The Kier molecular flexibility index (Phi) is 8.94. The molecule has 4 rings (SSSR count). The molecule has 3 aromatic carbocycles. The molecule has 1 aliphatic carbocycles. The molecule has 0 aliphatic heterocycles. The van der Waals surface area contributed by atoms with E-state index in [1.165, 1.54) is 12.1 Å². The van der Waals surface area contributed by atoms with Crippen molar-refractivity contribution in [2.45, 2.75) is 64.6 Å². The summed E-state index contributed by atoms with van der Waals surface area (Å²) in [5.41, 5.74) is 3.75. The van der Waals surface area contributed by atoms with Crippen LogP contribution in [0.4, 0.5) is 4.39 Å². The fraction of sp³-hybridized carbons (Fsp3) is 0.355. The lowest BCUT2D eigenvalue weighted by Crippen LogP contribution is -2.53. The summed E-state index contributed by atoms with van der Waals surface area (Å²) < 4.78 is 19.5. The Morgan fingerprint density at radius 2 is 1.65 bits per heavy atom. The molecule has 3 aromatic rings. The molecule has 1 aliphatic rings. The number of hydrogen-bond acceptors (Lipinski definition) is 3. The van der Waals surface area contributed by atoms with Gasteiger partial charge in [0.2, 0.25) is 5.91 Å². The van der Waals surface area contributed by atoms with E-state index in [0.29, 0.717) is 12.2 Å². The van der Waals surface area contributed by atoms with Crippen molar-refractivity contribution < 1.29 is 18.7 Å². The Labute approximate surface area is 218 Å². The van der Waals surface area contributed by atoms with E-state index in [0.717, 1.165) is 47.9 Å². The lowest BCUT2D eigenvalue weighted by molar-refractivity contribution is -0.143. The maximum Gasteiger partial charge on any atom is 0.261 e. The normalized spacial score (nSPS) is 14.2. The van der Waals surface area contributed by atoms with Gasteiger partial charge in [-0.15, -0.1) is 0 Å². The molecule has 0 aromatic heterocycles. The molecule has 0 radical (unpaired) electrons. The van der Waals surface area contributed by atoms with Crippen molar-refractivity contribution in [3.05, 3.63) is 101 Å². The number of halogens is 1. The van der Waals surface area contributed by atoms with Crippen LogP contribution in [0.25, 0.3) is 0 Å². The predicted molar refractivity (Wildman–Crippen MR) is 143 cm³/mol. The lowest BCUT2D eigenvalue weighted by atomic mass is 10.0. The number of benzene rings is 3. The van der Waals surface area contributed by atoms with E-state index in [-0.39, 0.29) is 36.8 Å². The second kappa shape index (κ2) is 12.5. The topological polar surface area (TPSA) is 58.6 Å². The van der Waals surface area contributed by atoms with Gasteiger partial charge in [0.15, 0.2) is 6.61 Å². The van der Waals surface area contributed by atoms with E-state index < -0.39 is 6.04 Å². The molecule has 0 heterocycles. The number of carbonyl (C=O) groups excluding carboxylic acids is 2. The third-order valence-electron chi connectivity index (χ3n) is 7.14. The van der Waals surface area contributed by atoms with E-state index in [1.807, 2.05) is 62.4 Å². The highest BCUT2D eigenvalue weighted by Crippen LogP contribution is 2.22. The molecule has 0 saturated heterocycles. The van der Waals surface area contributed by atoms with Crippen LogP contribution in [0.5, 0.6) is 5.75 Å². The molecule has 0 bridgehead atoms. The van der Waals surface area contributed by atoms with Crippen LogP contribution < -0.4 is 10.1 Å². The zero-order chi connectivity index (χ0) is 26.2. The predicted octanol–water partition coefficient (Wildman–Crippen LogP) is 5.52. The third kappa shape index (κ3) is 7.19. The van der Waals surface area contributed by atoms with Crippen molar-refractivity contribution in [1.29, 1.82) is 0 Å². The molecule has 1 fully saturated rings. The first kappa shape index (κ1) is 26.4. The largest absolute Gasteiger partial charge is 0.483 e. The maximum atomic E-state index is 13.7. The summed E-state index contributed by atoms with van der Waals surface area (Å²) in [6.07, 6.45) is 4.46. The van der Waals surface area contributed by atoms with Crippen LogP contribution in [0.15, 0.2) is 72.8 Å². The molecular weight excluding hydrogens is 467 g/mol. The second-order valence-electron chi connectivity index (χ2n) is 9.83. The second-order valence-corrected chi connectivity index (χ2v) is 9.83. The third-order valence-corrected chi connectivity index (χ3v) is 7.14. The van der Waals surface area contributed by atoms with Crippen LogP contribution in [0.3, 0.4) is 0 Å². The van der Waals surface area contributed by atoms with Crippen molar-refractivity contribution in [3.8, 4) is 5.75 Å². The van der Waals surface area contributed by atoms with Crippen LogP contribution in [-0.4, -0.2) is 35.4 Å². The minimum absolute atomic E-state index is 0.125. The van der Waals surface area contributed by atoms with Crippen LogP contribution in [-0.2, 0) is 22.6 Å². The first-order valence-electron chi connectivity index (χ1n) is 13.0. The SMILES string of the molecule is Cc1cccc(OCC(=O)N(Cc2ccc(F)cc2)C(Cc2ccccc2)C(=O)NC2CCCC2)c1C. The molecule has 1 atom stereocenters. The van der Waals surface area contributed by atoms with E-state index in [4.69, 9.17) is 4.74 Å². The number of amides is 2. The first-order chi connectivity index (χ1) is 17.9. The number of aryl methyl sites for hydroxylation is 1. The van der Waals surface area contributed by atoms with Gasteiger partial charge in [-0.2, -0.15) is 0 Å². The van der Waals surface area contributed by atoms with Gasteiger partial charge in [0.05, 0.1) is 0 Å². The van der Waals surface area contributed by atoms with Crippen LogP contribution in [0.2, 0.25) is 0 Å². The van der Waals surface area contributed by atoms with E-state index >= 15 is 0 Å². The summed E-state index contributed by atoms with van der Waals surface area (Å²) >= 11 is 0. The molecule has 194 valence electrons. The minimum Gasteiger partial charge on any atom is -0.483 e. The number of nitrogens with one attached hydrogen (secondary N) is 1. The highest BCUT2D eigenvalue weighted by atomic mass is 19.1. The van der Waals surface area contributed by atoms with Gasteiger partial charge < -0.3 is 15.0 Å². The van der Waals surface area contributed by atoms with Crippen LogP contribution >= 0.6 is 0 Å². The summed E-state index contributed by atoms with van der Waals surface area (Å²) in [5.74, 6) is -0.171. The smallest absolute Gasteiger partial charge is 0.261 e. The monoisotopic (exact) mass is 502 g/mol. The maximum absolute atomic E-state index is 13.7. The summed E-state index contributed by atoms with van der Waals surface area (Å²) in [5, 5.41) is 3.19. The van der Waals surface area contributed by atoms with Crippen molar-refractivity contribution >= 4 is 11.8 Å². The molecular formula is C31H35FN2O3. The molecule has 6 heteroatoms. The van der Waals surface area contributed by atoms with Crippen molar-refractivity contribution in [2.75, 3.05) is 6.61 Å². The van der Waals surface area contributed by atoms with Gasteiger partial charge >= 0.3 is 0 Å². The number of rotatable bonds is 10. The molecule has 2 amide bonds. The summed E-state index contributed by atoms with van der Waals surface area (Å²) in [6, 6.07) is 20.9. The zero-order valence-corrected chi connectivity index (χ0v) is 21.6. The average Bonchev–Trinajstić information content (AvgIpc) is 3.41. The Morgan fingerprint density at radius 3 is 2.35 bits per heavy atom. The van der Waals surface area contributed by atoms with E-state index in [2.05, 4.69) is 5.32 Å². The Morgan fingerprint density at radius 1 is 0.946 bits per heavy atom. The van der Waals surface area contributed by atoms with Gasteiger partial charge in [0.25, 0.3) is 5.91 Å². The molecule has 1 N–H and O–H groups in total. The van der Waals surface area contributed by atoms with Gasteiger partial charge in [-0.05, 0) is 67.1 Å². The molecule has 1 unspecified atom stereocenters. The molecule has 1 saturated carbocycles. The molecule has 37 heavy (non-hydrogen) atoms. The van der Waals surface area contributed by atoms with Crippen molar-refractivity contribution in [2.24, 2.45) is 0 Å². The van der Waals surface area contributed by atoms with Gasteiger partial charge in [0, 0.05) is 19.0 Å². The Balaban J connectivity index is 1.62. The van der Waals surface area contributed by atoms with Crippen LogP contribution in [0.1, 0.15) is 47.9 Å². The fourth-order valence-corrected chi connectivity index (χ4v) is 4.81. The quantitative estimate of drug-likeness (QED) is 0.397. The molecule has 5 nitrogen and oxygen atoms in total. The summed E-state index contributed by atoms with van der Waals surface area (Å²) in [4.78, 5) is 28.9. The van der Waals surface area contributed by atoms with Gasteiger partial charge in [0.1, 0.15) is 17.6 Å². The van der Waals surface area contributed by atoms with Crippen molar-refractivity contribution in [1.82, 2.24) is 10.2 Å². The standard InChI is InChI=1S/C31H35FN2O3/c1-22-9-8-14-29(23(22)2)37-21-30(35)34(20-25-15-17-26(32)18-16-25)28(19-24-10-4-3-5-11-24)31(36)33-27-12-6-7-13-27/h3-5,8-11,14-18,27-28H,6-7,12-13,19-21H2,1-2H3,(H,33,36). The fourth-order valence-electron chi connectivity index (χ4n) is 4.81. The van der Waals surface area contributed by atoms with Gasteiger partial charge in [-0.25, -0.2) is 4.39 Å². The van der Waals surface area contributed by atoms with E-state index in [1.54, 1.807) is 17.0 Å². The Bertz CT molecular complexity index is 1190. The highest BCUT2D eigenvalue weighted by molar-refractivity contribution is 5.88. The number of carbonyl (C=O) groups is 2. The van der Waals surface area contributed by atoms with Gasteiger partial charge in [-0.1, -0.05) is 67.4 Å². The minimum atomic E-state index is -0.734. The van der Waals surface area contributed by atoms with Crippen LogP contribution in [0, 0.1) is 19.7 Å². The number of hydrogen-bond donors (Lipinski definition) is 1. The summed E-state index contributed by atoms with van der Waals surface area (Å²) in [6.45, 7) is 3.92. The average molecular weight is 503 g/mol. The molecule has 0 spiro atoms. The zero-order valence-electron chi connectivity index (χ0n) is 21.6. The Hall–Kier alpha value is -3.67.